The zero-order chi connectivity index (χ0) is 13.5. The first-order valence-electron chi connectivity index (χ1n) is 6.35. The maximum absolute atomic E-state index is 11.5. The van der Waals surface area contributed by atoms with Crippen LogP contribution in [-0.4, -0.2) is 42.9 Å². The Kier molecular flexibility index (Phi) is 5.91. The van der Waals surface area contributed by atoms with Crippen LogP contribution in [0.5, 0.6) is 0 Å². The first kappa shape index (κ1) is 14.8. The largest absolute Gasteiger partial charge is 0.480 e. The van der Waals surface area contributed by atoms with Crippen molar-refractivity contribution in [2.24, 2.45) is 11.8 Å². The molecule has 1 rings (SSSR count). The average molecular weight is 258 g/mol. The summed E-state index contributed by atoms with van der Waals surface area (Å²) < 4.78 is 5.24. The molecule has 0 aliphatic carbocycles. The predicted octanol–water partition coefficient (Wildman–Crippen LogP) is 0.821. The lowest BCUT2D eigenvalue weighted by Crippen LogP contribution is -2.48. The first-order chi connectivity index (χ1) is 8.50. The van der Waals surface area contributed by atoms with E-state index in [1.54, 1.807) is 13.8 Å². The topological polar surface area (TPSA) is 87.7 Å². The molecule has 1 saturated heterocycles. The van der Waals surface area contributed by atoms with Crippen LogP contribution in [0.25, 0.3) is 0 Å². The SMILES string of the molecule is CC(C)C(NC(=O)NCCC1CCOC1)C(=O)O. The number of hydrogen-bond donors (Lipinski definition) is 3. The lowest BCUT2D eigenvalue weighted by molar-refractivity contribution is -0.140. The fourth-order valence-electron chi connectivity index (χ4n) is 1.91. The number of carbonyl (C=O) groups is 2. The average Bonchev–Trinajstić information content (AvgIpc) is 2.78. The molecule has 1 fully saturated rings. The van der Waals surface area contributed by atoms with Crippen molar-refractivity contribution in [3.8, 4) is 0 Å². The third-order valence-electron chi connectivity index (χ3n) is 3.08. The number of carbonyl (C=O) groups excluding carboxylic acids is 1. The zero-order valence-corrected chi connectivity index (χ0v) is 10.9. The molecule has 6 heteroatoms. The van der Waals surface area contributed by atoms with Crippen LogP contribution in [0.15, 0.2) is 0 Å². The van der Waals surface area contributed by atoms with Crippen molar-refractivity contribution < 1.29 is 19.4 Å². The summed E-state index contributed by atoms with van der Waals surface area (Å²) >= 11 is 0. The summed E-state index contributed by atoms with van der Waals surface area (Å²) in [5.41, 5.74) is 0. The standard InChI is InChI=1S/C12H22N2O4/c1-8(2)10(11(15)16)14-12(17)13-5-3-9-4-6-18-7-9/h8-10H,3-7H2,1-2H3,(H,15,16)(H2,13,14,17). The number of aliphatic carboxylic acids is 1. The van der Waals surface area contributed by atoms with E-state index >= 15 is 0 Å². The van der Waals surface area contributed by atoms with Gasteiger partial charge < -0.3 is 20.5 Å². The Morgan fingerprint density at radius 3 is 2.67 bits per heavy atom. The summed E-state index contributed by atoms with van der Waals surface area (Å²) in [6.07, 6.45) is 1.90. The van der Waals surface area contributed by atoms with Crippen molar-refractivity contribution in [1.82, 2.24) is 10.6 Å². The fourth-order valence-corrected chi connectivity index (χ4v) is 1.91. The predicted molar refractivity (Wildman–Crippen MR) is 66.3 cm³/mol. The maximum atomic E-state index is 11.5. The first-order valence-corrected chi connectivity index (χ1v) is 6.35. The molecule has 1 heterocycles. The number of urea groups is 1. The second kappa shape index (κ2) is 7.20. The molecule has 0 bridgehead atoms. The highest BCUT2D eigenvalue weighted by molar-refractivity contribution is 5.82. The molecule has 0 spiro atoms. The van der Waals surface area contributed by atoms with E-state index in [1.165, 1.54) is 0 Å². The highest BCUT2D eigenvalue weighted by Gasteiger charge is 2.23. The third-order valence-corrected chi connectivity index (χ3v) is 3.08. The molecule has 104 valence electrons. The number of hydrogen-bond acceptors (Lipinski definition) is 3. The van der Waals surface area contributed by atoms with Crippen molar-refractivity contribution in [1.29, 1.82) is 0 Å². The molecule has 0 aromatic heterocycles. The van der Waals surface area contributed by atoms with Crippen LogP contribution in [0.4, 0.5) is 4.79 Å². The Morgan fingerprint density at radius 1 is 1.44 bits per heavy atom. The third kappa shape index (κ3) is 4.91. The van der Waals surface area contributed by atoms with Crippen molar-refractivity contribution in [2.45, 2.75) is 32.7 Å². The molecule has 1 aliphatic rings. The van der Waals surface area contributed by atoms with Crippen molar-refractivity contribution in [3.05, 3.63) is 0 Å². The summed E-state index contributed by atoms with van der Waals surface area (Å²) in [7, 11) is 0. The van der Waals surface area contributed by atoms with E-state index in [2.05, 4.69) is 10.6 Å². The van der Waals surface area contributed by atoms with E-state index in [9.17, 15) is 9.59 Å². The van der Waals surface area contributed by atoms with Crippen LogP contribution in [0, 0.1) is 11.8 Å². The number of amides is 2. The Labute approximate surface area is 107 Å². The van der Waals surface area contributed by atoms with Crippen LogP contribution in [0.1, 0.15) is 26.7 Å². The van der Waals surface area contributed by atoms with Gasteiger partial charge in [-0.15, -0.1) is 0 Å². The Morgan fingerprint density at radius 2 is 2.17 bits per heavy atom. The minimum Gasteiger partial charge on any atom is -0.480 e. The summed E-state index contributed by atoms with van der Waals surface area (Å²) in [6, 6.07) is -1.27. The molecule has 0 saturated carbocycles. The highest BCUT2D eigenvalue weighted by atomic mass is 16.5. The van der Waals surface area contributed by atoms with Crippen LogP contribution in [0.2, 0.25) is 0 Å². The van der Waals surface area contributed by atoms with Crippen LogP contribution < -0.4 is 10.6 Å². The fraction of sp³-hybridized carbons (Fsp3) is 0.833. The number of carboxylic acids is 1. The Hall–Kier alpha value is -1.30. The molecule has 3 N–H and O–H groups in total. The molecular weight excluding hydrogens is 236 g/mol. The number of rotatable bonds is 6. The quantitative estimate of drug-likeness (QED) is 0.658. The van der Waals surface area contributed by atoms with Gasteiger partial charge in [0.1, 0.15) is 6.04 Å². The smallest absolute Gasteiger partial charge is 0.326 e. The summed E-state index contributed by atoms with van der Waals surface area (Å²) in [5.74, 6) is -0.647. The molecule has 2 amide bonds. The second-order valence-corrected chi connectivity index (χ2v) is 4.98. The van der Waals surface area contributed by atoms with Gasteiger partial charge in [0.25, 0.3) is 0 Å². The van der Waals surface area contributed by atoms with Crippen molar-refractivity contribution >= 4 is 12.0 Å². The molecule has 0 aromatic carbocycles. The van der Waals surface area contributed by atoms with Gasteiger partial charge >= 0.3 is 12.0 Å². The molecule has 0 aromatic rings. The molecule has 18 heavy (non-hydrogen) atoms. The van der Waals surface area contributed by atoms with Gasteiger partial charge in [0.05, 0.1) is 0 Å². The van der Waals surface area contributed by atoms with Gasteiger partial charge in [0, 0.05) is 19.8 Å². The van der Waals surface area contributed by atoms with Crippen LogP contribution >= 0.6 is 0 Å². The molecule has 2 atom stereocenters. The van der Waals surface area contributed by atoms with Gasteiger partial charge in [-0.2, -0.15) is 0 Å². The van der Waals surface area contributed by atoms with Crippen LogP contribution in [-0.2, 0) is 9.53 Å². The number of nitrogens with one attached hydrogen (secondary N) is 2. The van der Waals surface area contributed by atoms with Crippen molar-refractivity contribution in [3.63, 3.8) is 0 Å². The molecule has 2 unspecified atom stereocenters. The van der Waals surface area contributed by atoms with E-state index in [1.807, 2.05) is 0 Å². The van der Waals surface area contributed by atoms with Gasteiger partial charge in [-0.25, -0.2) is 9.59 Å². The Balaban J connectivity index is 2.21. The summed E-state index contributed by atoms with van der Waals surface area (Å²) in [5, 5.41) is 14.1. The van der Waals surface area contributed by atoms with Gasteiger partial charge in [-0.3, -0.25) is 0 Å². The summed E-state index contributed by atoms with van der Waals surface area (Å²) in [6.45, 7) is 5.62. The van der Waals surface area contributed by atoms with Gasteiger partial charge in [-0.1, -0.05) is 13.8 Å². The molecule has 0 radical (unpaired) electrons. The maximum Gasteiger partial charge on any atom is 0.326 e. The number of carboxylic acid groups (broad SMARTS) is 1. The van der Waals surface area contributed by atoms with E-state index < -0.39 is 18.0 Å². The lowest BCUT2D eigenvalue weighted by atomic mass is 10.0. The molecule has 6 nitrogen and oxygen atoms in total. The minimum absolute atomic E-state index is 0.142. The normalized spacial score (nSPS) is 20.7. The van der Waals surface area contributed by atoms with Crippen molar-refractivity contribution in [2.75, 3.05) is 19.8 Å². The minimum atomic E-state index is -1.01. The zero-order valence-electron chi connectivity index (χ0n) is 10.9. The monoisotopic (exact) mass is 258 g/mol. The summed E-state index contributed by atoms with van der Waals surface area (Å²) in [4.78, 5) is 22.4. The van der Waals surface area contributed by atoms with Crippen LogP contribution in [0.3, 0.4) is 0 Å². The Bertz CT molecular complexity index is 288. The second-order valence-electron chi connectivity index (χ2n) is 4.98. The number of ether oxygens (including phenoxy) is 1. The van der Waals surface area contributed by atoms with Gasteiger partial charge in [0.15, 0.2) is 0 Å². The van der Waals surface area contributed by atoms with E-state index in [0.717, 1.165) is 26.1 Å². The van der Waals surface area contributed by atoms with E-state index in [4.69, 9.17) is 9.84 Å². The molecular formula is C12H22N2O4. The lowest BCUT2D eigenvalue weighted by Gasteiger charge is -2.18. The van der Waals surface area contributed by atoms with Gasteiger partial charge in [-0.05, 0) is 24.7 Å². The van der Waals surface area contributed by atoms with Gasteiger partial charge in [0.2, 0.25) is 0 Å². The molecule has 1 aliphatic heterocycles. The van der Waals surface area contributed by atoms with E-state index in [0.29, 0.717) is 12.5 Å². The highest BCUT2D eigenvalue weighted by Crippen LogP contribution is 2.15. The van der Waals surface area contributed by atoms with E-state index in [-0.39, 0.29) is 5.92 Å².